The van der Waals surface area contributed by atoms with Gasteiger partial charge in [0.15, 0.2) is 6.10 Å². The second kappa shape index (κ2) is 62.0. The lowest BCUT2D eigenvalue weighted by molar-refractivity contribution is -0.870. The lowest BCUT2D eigenvalue weighted by Gasteiger charge is -2.28. The standard InChI is InChI=1S/C71H130NO8P/c1-6-8-10-12-14-16-18-20-22-24-26-28-30-32-33-34-35-36-37-38-40-41-43-45-47-49-51-53-55-57-59-61-63-70(73)77-67-69(68-79-81(75,76)78-66-65-72(3,4)5)80-71(74)64-62-60-58-56-54-52-50-48-46-44-42-39-31-29-27-25-23-21-19-17-15-13-11-9-7-2/h9,11,15,17,21,23,27,29,39,42,46,48,69H,6-8,10,12-14,16,18-20,22,24-26,28,30-38,40-41,43-45,47,49-68H2,1-5H3/b11-9-,17-15-,23-21-,29-27-,42-39-,48-46-. The van der Waals surface area contributed by atoms with E-state index < -0.39 is 26.5 Å². The van der Waals surface area contributed by atoms with Gasteiger partial charge in [0.1, 0.15) is 19.8 Å². The van der Waals surface area contributed by atoms with Crippen LogP contribution < -0.4 is 4.89 Å². The molecule has 0 saturated carbocycles. The molecule has 0 fully saturated rings. The zero-order valence-electron chi connectivity index (χ0n) is 53.7. The smallest absolute Gasteiger partial charge is 0.306 e. The maximum Gasteiger partial charge on any atom is 0.306 e. The van der Waals surface area contributed by atoms with Crippen molar-refractivity contribution in [3.05, 3.63) is 72.9 Å². The van der Waals surface area contributed by atoms with Crippen molar-refractivity contribution < 1.29 is 42.1 Å². The van der Waals surface area contributed by atoms with Crippen LogP contribution in [-0.2, 0) is 32.7 Å². The van der Waals surface area contributed by atoms with Gasteiger partial charge in [0.25, 0.3) is 7.82 Å². The molecular weight excluding hydrogens is 1030 g/mol. The first-order valence-electron chi connectivity index (χ1n) is 34.1. The summed E-state index contributed by atoms with van der Waals surface area (Å²) in [5.74, 6) is -0.841. The van der Waals surface area contributed by atoms with Gasteiger partial charge in [-0.3, -0.25) is 14.2 Å². The number of nitrogens with zero attached hydrogens (tertiary/aromatic N) is 1. The Morgan fingerprint density at radius 2 is 0.704 bits per heavy atom. The van der Waals surface area contributed by atoms with Crippen LogP contribution in [0.5, 0.6) is 0 Å². The number of phosphoric ester groups is 1. The van der Waals surface area contributed by atoms with Crippen LogP contribution in [-0.4, -0.2) is 70.0 Å². The van der Waals surface area contributed by atoms with Gasteiger partial charge in [-0.2, -0.15) is 0 Å². The summed E-state index contributed by atoms with van der Waals surface area (Å²) < 4.78 is 34.3. The molecule has 0 aromatic rings. The molecule has 0 aliphatic rings. The van der Waals surface area contributed by atoms with Crippen molar-refractivity contribution in [2.45, 2.75) is 322 Å². The van der Waals surface area contributed by atoms with Crippen LogP contribution in [0, 0.1) is 0 Å². The number of hydrogen-bond acceptors (Lipinski definition) is 8. The molecule has 9 nitrogen and oxygen atoms in total. The van der Waals surface area contributed by atoms with E-state index in [0.717, 1.165) is 96.3 Å². The van der Waals surface area contributed by atoms with Crippen LogP contribution in [0.1, 0.15) is 316 Å². The van der Waals surface area contributed by atoms with Crippen molar-refractivity contribution in [2.24, 2.45) is 0 Å². The van der Waals surface area contributed by atoms with Gasteiger partial charge in [-0.15, -0.1) is 0 Å². The molecule has 2 unspecified atom stereocenters. The molecule has 10 heteroatoms. The van der Waals surface area contributed by atoms with Crippen LogP contribution in [0.2, 0.25) is 0 Å². The van der Waals surface area contributed by atoms with Gasteiger partial charge < -0.3 is 27.9 Å². The van der Waals surface area contributed by atoms with Crippen LogP contribution in [0.25, 0.3) is 0 Å². The highest BCUT2D eigenvalue weighted by Gasteiger charge is 2.22. The van der Waals surface area contributed by atoms with Crippen LogP contribution >= 0.6 is 7.82 Å². The van der Waals surface area contributed by atoms with Gasteiger partial charge in [0.05, 0.1) is 27.7 Å². The highest BCUT2D eigenvalue weighted by molar-refractivity contribution is 7.45. The van der Waals surface area contributed by atoms with Gasteiger partial charge >= 0.3 is 11.9 Å². The van der Waals surface area contributed by atoms with E-state index in [0.29, 0.717) is 17.4 Å². The average molecular weight is 1160 g/mol. The predicted octanol–water partition coefficient (Wildman–Crippen LogP) is 21.4. The number of carbonyl (C=O) groups is 2. The van der Waals surface area contributed by atoms with Crippen LogP contribution in [0.15, 0.2) is 72.9 Å². The Balaban J connectivity index is 4.05. The van der Waals surface area contributed by atoms with Crippen molar-refractivity contribution in [2.75, 3.05) is 47.5 Å². The summed E-state index contributed by atoms with van der Waals surface area (Å²) in [6.07, 6.45) is 82.7. The minimum Gasteiger partial charge on any atom is -0.756 e. The molecular formula is C71H130NO8P. The summed E-state index contributed by atoms with van der Waals surface area (Å²) >= 11 is 0. The highest BCUT2D eigenvalue weighted by atomic mass is 31.2. The number of phosphoric acid groups is 1. The highest BCUT2D eigenvalue weighted by Crippen LogP contribution is 2.38. The summed E-state index contributed by atoms with van der Waals surface area (Å²) in [6, 6.07) is 0. The molecule has 0 aromatic heterocycles. The fraction of sp³-hybridized carbons (Fsp3) is 0.803. The van der Waals surface area contributed by atoms with Crippen LogP contribution in [0.4, 0.5) is 0 Å². The van der Waals surface area contributed by atoms with E-state index in [-0.39, 0.29) is 32.0 Å². The minimum absolute atomic E-state index is 0.0358. The number of unbranched alkanes of at least 4 members (excludes halogenated alkanes) is 37. The van der Waals surface area contributed by atoms with E-state index in [1.54, 1.807) is 0 Å². The largest absolute Gasteiger partial charge is 0.756 e. The molecule has 0 aliphatic heterocycles. The van der Waals surface area contributed by atoms with Crippen molar-refractivity contribution in [1.29, 1.82) is 0 Å². The monoisotopic (exact) mass is 1160 g/mol. The van der Waals surface area contributed by atoms with E-state index in [4.69, 9.17) is 18.5 Å². The zero-order chi connectivity index (χ0) is 59.1. The lowest BCUT2D eigenvalue weighted by atomic mass is 10.0. The Morgan fingerprint density at radius 1 is 0.395 bits per heavy atom. The predicted molar refractivity (Wildman–Crippen MR) is 346 cm³/mol. The van der Waals surface area contributed by atoms with E-state index in [1.807, 2.05) is 21.1 Å². The number of ether oxygens (including phenoxy) is 2. The molecule has 0 amide bonds. The van der Waals surface area contributed by atoms with Crippen molar-refractivity contribution >= 4 is 19.8 Å². The Hall–Kier alpha value is -2.55. The van der Waals surface area contributed by atoms with E-state index in [9.17, 15) is 19.0 Å². The van der Waals surface area contributed by atoms with Crippen molar-refractivity contribution in [3.8, 4) is 0 Å². The first-order chi connectivity index (χ1) is 39.5. The molecule has 0 saturated heterocycles. The topological polar surface area (TPSA) is 111 Å². The molecule has 0 heterocycles. The molecule has 0 spiro atoms. The normalized spacial score (nSPS) is 13.6. The SMILES string of the molecule is CC/C=C\C/C=C\C/C=C\C/C=C\C/C=C\C/C=C\CCCCCCCCC(=O)OC(COC(=O)CCCCCCCCCCCCCCCCCCCCCCCCCCCCCCCCCC)COP(=O)([O-])OCC[N+](C)(C)C. The van der Waals surface area contributed by atoms with Gasteiger partial charge in [0.2, 0.25) is 0 Å². The maximum absolute atomic E-state index is 12.8. The molecule has 81 heavy (non-hydrogen) atoms. The maximum atomic E-state index is 12.8. The quantitative estimate of drug-likeness (QED) is 0.0195. The fourth-order valence-electron chi connectivity index (χ4n) is 9.78. The number of carbonyl (C=O) groups excluding carboxylic acids is 2. The minimum atomic E-state index is -4.65. The molecule has 0 bridgehead atoms. The number of esters is 2. The Bertz CT molecular complexity index is 1600. The molecule has 0 rings (SSSR count). The summed E-state index contributed by atoms with van der Waals surface area (Å²) in [7, 11) is 1.16. The van der Waals surface area contributed by atoms with Crippen molar-refractivity contribution in [3.63, 3.8) is 0 Å². The molecule has 0 aromatic carbocycles. The van der Waals surface area contributed by atoms with Gasteiger partial charge in [-0.1, -0.05) is 311 Å². The molecule has 0 radical (unpaired) electrons. The third kappa shape index (κ3) is 66.5. The first-order valence-corrected chi connectivity index (χ1v) is 35.6. The second-order valence-corrected chi connectivity index (χ2v) is 25.6. The number of allylic oxidation sites excluding steroid dienone is 12. The van der Waals surface area contributed by atoms with Gasteiger partial charge in [-0.05, 0) is 64.2 Å². The average Bonchev–Trinajstić information content (AvgIpc) is 3.43. The molecule has 2 atom stereocenters. The van der Waals surface area contributed by atoms with E-state index in [1.165, 1.54) is 186 Å². The molecule has 0 N–H and O–H groups in total. The lowest BCUT2D eigenvalue weighted by Crippen LogP contribution is -2.37. The number of rotatable bonds is 63. The van der Waals surface area contributed by atoms with Crippen LogP contribution in [0.3, 0.4) is 0 Å². The summed E-state index contributed by atoms with van der Waals surface area (Å²) in [6.45, 7) is 4.15. The van der Waals surface area contributed by atoms with E-state index in [2.05, 4.69) is 86.8 Å². The molecule has 0 aliphatic carbocycles. The first kappa shape index (κ1) is 78.5. The zero-order valence-corrected chi connectivity index (χ0v) is 54.6. The number of quaternary nitrogens is 1. The number of likely N-dealkylation sites (N-methyl/N-ethyl adjacent to an activating group) is 1. The molecule has 472 valence electrons. The third-order valence-electron chi connectivity index (χ3n) is 15.0. The Morgan fingerprint density at radius 3 is 1.05 bits per heavy atom. The Labute approximate surface area is 501 Å². The van der Waals surface area contributed by atoms with Crippen molar-refractivity contribution in [1.82, 2.24) is 0 Å². The van der Waals surface area contributed by atoms with Gasteiger partial charge in [-0.25, -0.2) is 0 Å². The third-order valence-corrected chi connectivity index (χ3v) is 16.0. The summed E-state index contributed by atoms with van der Waals surface area (Å²) in [5, 5.41) is 0. The summed E-state index contributed by atoms with van der Waals surface area (Å²) in [4.78, 5) is 38.0. The van der Waals surface area contributed by atoms with Gasteiger partial charge in [0, 0.05) is 12.8 Å². The number of hydrogen-bond donors (Lipinski definition) is 0. The summed E-state index contributed by atoms with van der Waals surface area (Å²) in [5.41, 5.74) is 0. The van der Waals surface area contributed by atoms with E-state index >= 15 is 0 Å². The Kier molecular flexibility index (Phi) is 60.0. The fourth-order valence-corrected chi connectivity index (χ4v) is 10.5. The second-order valence-electron chi connectivity index (χ2n) is 24.2.